The van der Waals surface area contributed by atoms with E-state index >= 15 is 0 Å². The summed E-state index contributed by atoms with van der Waals surface area (Å²) < 4.78 is 0. The molecule has 1 aromatic heterocycles. The standard InChI is InChI=1S/C23H31NO2S/c1-2-3-4-5-6-7-8-21-14-15-22(27-21)17-18-24-20-12-9-19(10-13-20)11-16-23(25)26/h9-16,24H,2-8,17-18H2,1H3,(H,25,26). The van der Waals surface area contributed by atoms with Crippen molar-refractivity contribution in [3.63, 3.8) is 0 Å². The molecule has 0 unspecified atom stereocenters. The molecule has 0 aliphatic carbocycles. The maximum absolute atomic E-state index is 10.5. The van der Waals surface area contributed by atoms with Gasteiger partial charge in [-0.1, -0.05) is 51.2 Å². The Morgan fingerprint density at radius 3 is 2.33 bits per heavy atom. The Morgan fingerprint density at radius 2 is 1.63 bits per heavy atom. The molecule has 0 fully saturated rings. The molecular weight excluding hydrogens is 354 g/mol. The van der Waals surface area contributed by atoms with Crippen molar-refractivity contribution in [2.75, 3.05) is 11.9 Å². The van der Waals surface area contributed by atoms with Crippen molar-refractivity contribution in [1.82, 2.24) is 0 Å². The molecule has 4 heteroatoms. The number of thiophene rings is 1. The summed E-state index contributed by atoms with van der Waals surface area (Å²) in [4.78, 5) is 13.5. The van der Waals surface area contributed by atoms with E-state index in [1.807, 2.05) is 35.6 Å². The van der Waals surface area contributed by atoms with Crippen LogP contribution in [0.5, 0.6) is 0 Å². The maximum atomic E-state index is 10.5. The first-order valence-electron chi connectivity index (χ1n) is 10.00. The van der Waals surface area contributed by atoms with Crippen molar-refractivity contribution in [2.24, 2.45) is 0 Å². The predicted octanol–water partition coefficient (Wildman–Crippen LogP) is 6.40. The lowest BCUT2D eigenvalue weighted by atomic mass is 10.1. The summed E-state index contributed by atoms with van der Waals surface area (Å²) in [7, 11) is 0. The van der Waals surface area contributed by atoms with Crippen LogP contribution < -0.4 is 5.32 Å². The Balaban J connectivity index is 1.65. The summed E-state index contributed by atoms with van der Waals surface area (Å²) in [6.45, 7) is 3.16. The van der Waals surface area contributed by atoms with Crippen LogP contribution in [-0.2, 0) is 17.6 Å². The number of rotatable bonds is 13. The van der Waals surface area contributed by atoms with Crippen LogP contribution in [0, 0.1) is 0 Å². The summed E-state index contributed by atoms with van der Waals surface area (Å²) in [5, 5.41) is 12.1. The monoisotopic (exact) mass is 385 g/mol. The maximum Gasteiger partial charge on any atom is 0.328 e. The molecule has 0 atom stereocenters. The molecule has 0 radical (unpaired) electrons. The number of benzene rings is 1. The number of hydrogen-bond donors (Lipinski definition) is 2. The normalized spacial score (nSPS) is 11.1. The average Bonchev–Trinajstić information content (AvgIpc) is 3.11. The molecule has 1 aromatic carbocycles. The average molecular weight is 386 g/mol. The fraction of sp³-hybridized carbons (Fsp3) is 0.435. The highest BCUT2D eigenvalue weighted by atomic mass is 32.1. The van der Waals surface area contributed by atoms with Crippen LogP contribution in [0.25, 0.3) is 6.08 Å². The van der Waals surface area contributed by atoms with E-state index < -0.39 is 5.97 Å². The topological polar surface area (TPSA) is 49.3 Å². The summed E-state index contributed by atoms with van der Waals surface area (Å²) in [5.41, 5.74) is 1.95. The van der Waals surface area contributed by atoms with Gasteiger partial charge in [-0.25, -0.2) is 4.79 Å². The lowest BCUT2D eigenvalue weighted by Gasteiger charge is -2.05. The minimum atomic E-state index is -0.927. The lowest BCUT2D eigenvalue weighted by Crippen LogP contribution is -2.03. The highest BCUT2D eigenvalue weighted by Crippen LogP contribution is 2.20. The minimum absolute atomic E-state index is 0.889. The van der Waals surface area contributed by atoms with Gasteiger partial charge in [0.1, 0.15) is 0 Å². The zero-order valence-corrected chi connectivity index (χ0v) is 17.1. The van der Waals surface area contributed by atoms with Crippen LogP contribution in [0.3, 0.4) is 0 Å². The van der Waals surface area contributed by atoms with Crippen molar-refractivity contribution in [1.29, 1.82) is 0 Å². The Bertz CT molecular complexity index is 703. The van der Waals surface area contributed by atoms with Crippen LogP contribution in [0.2, 0.25) is 0 Å². The minimum Gasteiger partial charge on any atom is -0.478 e. The quantitative estimate of drug-likeness (QED) is 0.310. The zero-order chi connectivity index (χ0) is 19.3. The largest absolute Gasteiger partial charge is 0.478 e. The van der Waals surface area contributed by atoms with Crippen LogP contribution in [0.1, 0.15) is 60.8 Å². The van der Waals surface area contributed by atoms with E-state index in [1.165, 1.54) is 54.7 Å². The van der Waals surface area contributed by atoms with Gasteiger partial charge >= 0.3 is 5.97 Å². The molecule has 0 aliphatic heterocycles. The number of aryl methyl sites for hydroxylation is 1. The number of hydrogen-bond acceptors (Lipinski definition) is 3. The Morgan fingerprint density at radius 1 is 0.963 bits per heavy atom. The zero-order valence-electron chi connectivity index (χ0n) is 16.2. The van der Waals surface area contributed by atoms with Crippen molar-refractivity contribution < 1.29 is 9.90 Å². The molecule has 0 bridgehead atoms. The third-order valence-corrected chi connectivity index (χ3v) is 5.73. The van der Waals surface area contributed by atoms with Crippen molar-refractivity contribution in [2.45, 2.75) is 58.3 Å². The van der Waals surface area contributed by atoms with Crippen molar-refractivity contribution in [3.05, 3.63) is 57.8 Å². The molecule has 2 aromatic rings. The van der Waals surface area contributed by atoms with Gasteiger partial charge < -0.3 is 10.4 Å². The molecule has 0 saturated heterocycles. The molecule has 0 saturated carbocycles. The van der Waals surface area contributed by atoms with Gasteiger partial charge in [-0.3, -0.25) is 0 Å². The van der Waals surface area contributed by atoms with E-state index in [1.54, 1.807) is 6.08 Å². The number of anilines is 1. The second kappa shape index (κ2) is 12.3. The van der Waals surface area contributed by atoms with Gasteiger partial charge in [0.25, 0.3) is 0 Å². The van der Waals surface area contributed by atoms with Crippen LogP contribution in [0.4, 0.5) is 5.69 Å². The summed E-state index contributed by atoms with van der Waals surface area (Å²) >= 11 is 1.94. The number of carboxylic acid groups (broad SMARTS) is 1. The molecule has 3 nitrogen and oxygen atoms in total. The van der Waals surface area contributed by atoms with Gasteiger partial charge in [0.2, 0.25) is 0 Å². The Labute approximate surface area is 167 Å². The Kier molecular flexibility index (Phi) is 9.70. The number of nitrogens with one attached hydrogen (secondary N) is 1. The van der Waals surface area contributed by atoms with E-state index in [0.717, 1.165) is 30.3 Å². The first-order chi connectivity index (χ1) is 13.2. The fourth-order valence-electron chi connectivity index (χ4n) is 2.98. The van der Waals surface area contributed by atoms with Gasteiger partial charge in [0.15, 0.2) is 0 Å². The highest BCUT2D eigenvalue weighted by molar-refractivity contribution is 7.11. The molecule has 0 amide bonds. The predicted molar refractivity (Wildman–Crippen MR) is 117 cm³/mol. The summed E-state index contributed by atoms with van der Waals surface area (Å²) in [6.07, 6.45) is 13.1. The lowest BCUT2D eigenvalue weighted by molar-refractivity contribution is -0.131. The molecule has 27 heavy (non-hydrogen) atoms. The van der Waals surface area contributed by atoms with Gasteiger partial charge in [-0.2, -0.15) is 0 Å². The molecule has 146 valence electrons. The summed E-state index contributed by atoms with van der Waals surface area (Å²) in [5.74, 6) is -0.927. The van der Waals surface area contributed by atoms with Gasteiger partial charge in [-0.15, -0.1) is 11.3 Å². The number of carboxylic acids is 1. The number of aliphatic carboxylic acids is 1. The van der Waals surface area contributed by atoms with E-state index in [2.05, 4.69) is 24.4 Å². The second-order valence-electron chi connectivity index (χ2n) is 6.86. The number of carbonyl (C=O) groups is 1. The molecule has 0 spiro atoms. The second-order valence-corrected chi connectivity index (χ2v) is 8.11. The van der Waals surface area contributed by atoms with Gasteiger partial charge in [0.05, 0.1) is 0 Å². The highest BCUT2D eigenvalue weighted by Gasteiger charge is 2.01. The molecule has 0 aliphatic rings. The van der Waals surface area contributed by atoms with Crippen LogP contribution >= 0.6 is 11.3 Å². The SMILES string of the molecule is CCCCCCCCc1ccc(CCNc2ccc(C=CC(=O)O)cc2)s1. The third kappa shape index (κ3) is 8.91. The van der Waals surface area contributed by atoms with E-state index in [4.69, 9.17) is 5.11 Å². The Hall–Kier alpha value is -2.07. The van der Waals surface area contributed by atoms with E-state index in [0.29, 0.717) is 0 Å². The van der Waals surface area contributed by atoms with E-state index in [-0.39, 0.29) is 0 Å². The molecule has 2 rings (SSSR count). The first kappa shape index (κ1) is 21.2. The first-order valence-corrected chi connectivity index (χ1v) is 10.8. The smallest absolute Gasteiger partial charge is 0.328 e. The van der Waals surface area contributed by atoms with Gasteiger partial charge in [0, 0.05) is 28.1 Å². The van der Waals surface area contributed by atoms with Gasteiger partial charge in [-0.05, 0) is 55.2 Å². The number of unbranched alkanes of at least 4 members (excludes halogenated alkanes) is 5. The van der Waals surface area contributed by atoms with Crippen molar-refractivity contribution in [3.8, 4) is 0 Å². The van der Waals surface area contributed by atoms with Crippen LogP contribution in [-0.4, -0.2) is 17.6 Å². The molecule has 1 heterocycles. The molecule has 2 N–H and O–H groups in total. The van der Waals surface area contributed by atoms with Crippen molar-refractivity contribution >= 4 is 29.1 Å². The van der Waals surface area contributed by atoms with E-state index in [9.17, 15) is 4.79 Å². The van der Waals surface area contributed by atoms with Crippen LogP contribution in [0.15, 0.2) is 42.5 Å². The third-order valence-electron chi connectivity index (χ3n) is 4.52. The molecular formula is C23H31NO2S. The summed E-state index contributed by atoms with van der Waals surface area (Å²) in [6, 6.07) is 12.4. The fourth-order valence-corrected chi connectivity index (χ4v) is 4.04.